The maximum absolute atomic E-state index is 13.7. The summed E-state index contributed by atoms with van der Waals surface area (Å²) < 4.78 is 27.4. The van der Waals surface area contributed by atoms with E-state index < -0.39 is 5.92 Å². The topological polar surface area (TPSA) is 54.9 Å². The number of pyridine rings is 2. The number of benzene rings is 2. The van der Waals surface area contributed by atoms with Crippen LogP contribution in [-0.4, -0.2) is 15.9 Å². The third-order valence-electron chi connectivity index (χ3n) is 4.55. The fourth-order valence-electron chi connectivity index (χ4n) is 3.08. The summed E-state index contributed by atoms with van der Waals surface area (Å²) in [6.45, 7) is 0.862. The van der Waals surface area contributed by atoms with Crippen molar-refractivity contribution in [2.75, 3.05) is 5.32 Å². The van der Waals surface area contributed by atoms with Crippen LogP contribution in [0.25, 0.3) is 22.2 Å². The van der Waals surface area contributed by atoms with Crippen molar-refractivity contribution in [1.82, 2.24) is 9.97 Å². The number of halogens is 2. The summed E-state index contributed by atoms with van der Waals surface area (Å²) in [4.78, 5) is 21.4. The zero-order valence-corrected chi connectivity index (χ0v) is 15.6. The first-order chi connectivity index (χ1) is 13.9. The van der Waals surface area contributed by atoms with E-state index in [9.17, 15) is 13.6 Å². The van der Waals surface area contributed by atoms with Crippen LogP contribution < -0.4 is 5.32 Å². The number of fused-ring (bicyclic) bond motifs is 1. The molecule has 0 radical (unpaired) electrons. The second kappa shape index (κ2) is 7.39. The smallest absolute Gasteiger partial charge is 0.270 e. The number of anilines is 1. The van der Waals surface area contributed by atoms with E-state index in [-0.39, 0.29) is 11.5 Å². The Morgan fingerprint density at radius 1 is 1.00 bits per heavy atom. The molecule has 0 bridgehead atoms. The predicted molar refractivity (Wildman–Crippen MR) is 109 cm³/mol. The van der Waals surface area contributed by atoms with Gasteiger partial charge in [-0.2, -0.15) is 0 Å². The van der Waals surface area contributed by atoms with E-state index in [0.717, 1.165) is 12.3 Å². The number of hydrogen-bond donors (Lipinski definition) is 1. The zero-order chi connectivity index (χ0) is 20.4. The van der Waals surface area contributed by atoms with E-state index in [1.165, 1.54) is 12.1 Å². The summed E-state index contributed by atoms with van der Waals surface area (Å²) >= 11 is 0. The molecule has 4 rings (SSSR count). The summed E-state index contributed by atoms with van der Waals surface area (Å²) in [5.41, 5.74) is 2.46. The summed E-state index contributed by atoms with van der Waals surface area (Å²) in [6, 6.07) is 18.5. The Hall–Kier alpha value is -3.67. The maximum atomic E-state index is 13.7. The normalized spacial score (nSPS) is 11.4. The summed E-state index contributed by atoms with van der Waals surface area (Å²) in [7, 11) is 0. The zero-order valence-electron chi connectivity index (χ0n) is 15.6. The third kappa shape index (κ3) is 3.96. The molecule has 0 saturated heterocycles. The minimum absolute atomic E-state index is 0.0838. The van der Waals surface area contributed by atoms with Gasteiger partial charge in [0.15, 0.2) is 0 Å². The Bertz CT molecular complexity index is 1190. The van der Waals surface area contributed by atoms with Crippen molar-refractivity contribution in [3.05, 3.63) is 90.3 Å². The van der Waals surface area contributed by atoms with Gasteiger partial charge < -0.3 is 5.32 Å². The molecule has 0 aliphatic rings. The van der Waals surface area contributed by atoms with E-state index in [4.69, 9.17) is 0 Å². The first kappa shape index (κ1) is 18.7. The number of nitrogens with one attached hydrogen (secondary N) is 1. The van der Waals surface area contributed by atoms with Crippen LogP contribution in [0.15, 0.2) is 79.1 Å². The van der Waals surface area contributed by atoms with Crippen LogP contribution in [0.4, 0.5) is 14.5 Å². The minimum atomic E-state index is -2.94. The molecule has 2 aromatic carbocycles. The molecule has 2 heterocycles. The van der Waals surface area contributed by atoms with Crippen molar-refractivity contribution in [2.45, 2.75) is 12.8 Å². The average molecular weight is 389 g/mol. The molecule has 6 heteroatoms. The van der Waals surface area contributed by atoms with Gasteiger partial charge in [0.1, 0.15) is 0 Å². The fraction of sp³-hybridized carbons (Fsp3) is 0.0870. The molecule has 0 atom stereocenters. The molecule has 0 spiro atoms. The highest BCUT2D eigenvalue weighted by molar-refractivity contribution is 6.12. The van der Waals surface area contributed by atoms with Crippen LogP contribution in [0.2, 0.25) is 0 Å². The van der Waals surface area contributed by atoms with Crippen LogP contribution in [0, 0.1) is 0 Å². The van der Waals surface area contributed by atoms with Gasteiger partial charge in [-0.25, -0.2) is 13.8 Å². The molecule has 0 unspecified atom stereocenters. The third-order valence-corrected chi connectivity index (χ3v) is 4.55. The van der Waals surface area contributed by atoms with E-state index in [1.54, 1.807) is 54.9 Å². The van der Waals surface area contributed by atoms with Crippen molar-refractivity contribution in [2.24, 2.45) is 0 Å². The summed E-state index contributed by atoms with van der Waals surface area (Å²) in [5.74, 6) is -3.26. The lowest BCUT2D eigenvalue weighted by Crippen LogP contribution is -2.13. The molecule has 144 valence electrons. The maximum Gasteiger partial charge on any atom is 0.270 e. The Kier molecular flexibility index (Phi) is 4.76. The number of nitrogens with zero attached hydrogens (tertiary/aromatic N) is 2. The second-order valence-electron chi connectivity index (χ2n) is 6.74. The van der Waals surface area contributed by atoms with Gasteiger partial charge in [-0.15, -0.1) is 0 Å². The van der Waals surface area contributed by atoms with E-state index in [1.807, 2.05) is 12.1 Å². The van der Waals surface area contributed by atoms with Gasteiger partial charge in [-0.05, 0) is 30.3 Å². The van der Waals surface area contributed by atoms with Crippen LogP contribution in [0.5, 0.6) is 0 Å². The van der Waals surface area contributed by atoms with Crippen molar-refractivity contribution in [3.8, 4) is 11.3 Å². The highest BCUT2D eigenvalue weighted by Gasteiger charge is 2.24. The number of aromatic nitrogens is 2. The first-order valence-corrected chi connectivity index (χ1v) is 9.02. The molecule has 29 heavy (non-hydrogen) atoms. The highest BCUT2D eigenvalue weighted by atomic mass is 19.3. The molecule has 1 N–H and O–H groups in total. The molecule has 4 nitrogen and oxygen atoms in total. The predicted octanol–water partition coefficient (Wildman–Crippen LogP) is 5.66. The Morgan fingerprint density at radius 2 is 1.83 bits per heavy atom. The van der Waals surface area contributed by atoms with Gasteiger partial charge in [-0.1, -0.05) is 36.4 Å². The van der Waals surface area contributed by atoms with Gasteiger partial charge in [0.25, 0.3) is 11.8 Å². The molecule has 1 amide bonds. The Balaban J connectivity index is 1.76. The fourth-order valence-corrected chi connectivity index (χ4v) is 3.08. The number of alkyl halides is 2. The minimum Gasteiger partial charge on any atom is -0.321 e. The standard InChI is InChI=1S/C23H17F2N3O/c1-23(24,25)17-7-2-6-16(13-17)20-11-10-15-5-3-9-19(21(15)28-20)22(29)27-18-8-4-12-26-14-18/h2-14H,1H3,(H,27,29). The molecule has 0 aliphatic carbocycles. The quantitative estimate of drug-likeness (QED) is 0.490. The van der Waals surface area contributed by atoms with Gasteiger partial charge in [0.2, 0.25) is 0 Å². The number of carbonyl (C=O) groups is 1. The lowest BCUT2D eigenvalue weighted by atomic mass is 10.0. The number of para-hydroxylation sites is 1. The largest absolute Gasteiger partial charge is 0.321 e. The summed E-state index contributed by atoms with van der Waals surface area (Å²) in [5, 5.41) is 3.58. The lowest BCUT2D eigenvalue weighted by Gasteiger charge is -2.12. The van der Waals surface area contributed by atoms with Crippen molar-refractivity contribution in [1.29, 1.82) is 0 Å². The van der Waals surface area contributed by atoms with Crippen molar-refractivity contribution in [3.63, 3.8) is 0 Å². The SMILES string of the molecule is CC(F)(F)c1cccc(-c2ccc3cccc(C(=O)Nc4cccnc4)c3n2)c1. The van der Waals surface area contributed by atoms with E-state index in [2.05, 4.69) is 15.3 Å². The van der Waals surface area contributed by atoms with E-state index >= 15 is 0 Å². The van der Waals surface area contributed by atoms with Gasteiger partial charge in [0.05, 0.1) is 28.7 Å². The van der Waals surface area contributed by atoms with Gasteiger partial charge >= 0.3 is 0 Å². The molecule has 0 saturated carbocycles. The number of amides is 1. The first-order valence-electron chi connectivity index (χ1n) is 9.02. The van der Waals surface area contributed by atoms with Gasteiger partial charge in [0, 0.05) is 29.6 Å². The molecule has 0 aliphatic heterocycles. The molecule has 2 aromatic heterocycles. The highest BCUT2D eigenvalue weighted by Crippen LogP contribution is 2.31. The number of rotatable bonds is 4. The number of carbonyl (C=O) groups excluding carboxylic acids is 1. The van der Waals surface area contributed by atoms with Crippen LogP contribution in [-0.2, 0) is 5.92 Å². The van der Waals surface area contributed by atoms with E-state index in [0.29, 0.717) is 28.0 Å². The molecule has 0 fully saturated rings. The summed E-state index contributed by atoms with van der Waals surface area (Å²) in [6.07, 6.45) is 3.17. The van der Waals surface area contributed by atoms with Crippen molar-refractivity contribution >= 4 is 22.5 Å². The second-order valence-corrected chi connectivity index (χ2v) is 6.74. The molecule has 4 aromatic rings. The van der Waals surface area contributed by atoms with Gasteiger partial charge in [-0.3, -0.25) is 9.78 Å². The Morgan fingerprint density at radius 3 is 2.59 bits per heavy atom. The lowest BCUT2D eigenvalue weighted by molar-refractivity contribution is 0.0175. The monoisotopic (exact) mass is 389 g/mol. The molecular formula is C23H17F2N3O. The van der Waals surface area contributed by atoms with Crippen LogP contribution >= 0.6 is 0 Å². The number of hydrogen-bond acceptors (Lipinski definition) is 3. The molecular weight excluding hydrogens is 372 g/mol. The average Bonchev–Trinajstić information content (AvgIpc) is 2.73. The van der Waals surface area contributed by atoms with Crippen LogP contribution in [0.3, 0.4) is 0 Å². The van der Waals surface area contributed by atoms with Crippen LogP contribution in [0.1, 0.15) is 22.8 Å². The Labute approximate surface area is 166 Å². The van der Waals surface area contributed by atoms with Crippen molar-refractivity contribution < 1.29 is 13.6 Å².